The zero-order valence-electron chi connectivity index (χ0n) is 20.2. The Morgan fingerprint density at radius 2 is 1.11 bits per heavy atom. The van der Waals surface area contributed by atoms with E-state index in [1.807, 2.05) is 18.2 Å². The van der Waals surface area contributed by atoms with E-state index in [-0.39, 0.29) is 0 Å². The van der Waals surface area contributed by atoms with Gasteiger partial charge in [0.1, 0.15) is 0 Å². The first-order valence-electron chi connectivity index (χ1n) is 12.2. The van der Waals surface area contributed by atoms with Crippen LogP contribution in [0.15, 0.2) is 111 Å². The molecular weight excluding hydrogens is 432 g/mol. The first-order chi connectivity index (χ1) is 17.7. The van der Waals surface area contributed by atoms with Crippen LogP contribution < -0.4 is 5.22 Å². The van der Waals surface area contributed by atoms with Gasteiger partial charge in [0, 0.05) is 0 Å². The third kappa shape index (κ3) is 3.08. The van der Waals surface area contributed by atoms with Gasteiger partial charge in [0.15, 0.2) is 0 Å². The van der Waals surface area contributed by atoms with E-state index in [1.54, 1.807) is 0 Å². The van der Waals surface area contributed by atoms with E-state index in [1.165, 1.54) is 38.1 Å². The number of fused-ring (bicyclic) bond motifs is 1. The van der Waals surface area contributed by atoms with Crippen molar-refractivity contribution >= 4 is 57.1 Å². The molecule has 6 aromatic rings. The van der Waals surface area contributed by atoms with Crippen LogP contribution in [0, 0.1) is 0 Å². The summed E-state index contributed by atoms with van der Waals surface area (Å²) in [7, 11) is 0. The molecule has 0 aromatic heterocycles. The second-order valence-corrected chi connectivity index (χ2v) is 9.12. The van der Waals surface area contributed by atoms with Gasteiger partial charge < -0.3 is 0 Å². The Hall–Kier alpha value is -4.68. The van der Waals surface area contributed by atoms with Gasteiger partial charge in [-0.05, 0) is 82.5 Å². The van der Waals surface area contributed by atoms with E-state index >= 15 is 0 Å². The molecule has 0 bridgehead atoms. The average molecular weight is 459 g/mol. The molecule has 0 atom stereocenters. The van der Waals surface area contributed by atoms with Crippen molar-refractivity contribution in [1.29, 1.82) is 0 Å². The van der Waals surface area contributed by atoms with Gasteiger partial charge in [0.05, 0.1) is 0 Å². The number of rotatable bonds is 5. The van der Waals surface area contributed by atoms with E-state index in [0.29, 0.717) is 0 Å². The first-order valence-corrected chi connectivity index (χ1v) is 12.2. The van der Waals surface area contributed by atoms with Gasteiger partial charge >= 0.3 is 0 Å². The van der Waals surface area contributed by atoms with E-state index < -0.39 is 0 Å². The fourth-order valence-corrected chi connectivity index (χ4v) is 5.77. The molecule has 0 spiro atoms. The Bertz CT molecular complexity index is 1880. The highest BCUT2D eigenvalue weighted by Crippen LogP contribution is 2.46. The molecular formula is C36H26. The molecule has 0 heteroatoms. The van der Waals surface area contributed by atoms with Crippen molar-refractivity contribution in [1.82, 2.24) is 0 Å². The molecule has 0 aliphatic heterocycles. The predicted molar refractivity (Wildman–Crippen MR) is 161 cm³/mol. The van der Waals surface area contributed by atoms with E-state index in [9.17, 15) is 0 Å². The highest BCUT2D eigenvalue weighted by atomic mass is 14.2. The molecule has 0 fully saturated rings. The fourth-order valence-electron chi connectivity index (χ4n) is 5.77. The lowest BCUT2D eigenvalue weighted by molar-refractivity contribution is 1.58. The lowest BCUT2D eigenvalue weighted by Crippen LogP contribution is -2.04. The Kier molecular flexibility index (Phi) is 5.16. The maximum absolute atomic E-state index is 4.40. The lowest BCUT2D eigenvalue weighted by Gasteiger charge is -2.22. The van der Waals surface area contributed by atoms with E-state index in [4.69, 9.17) is 0 Å². The SMILES string of the molecule is C=Cc1c(C=C)c(-c2cc3cccc4ccc(=C)c(c2C=C)c43)c2ccccc2c1-c1ccccc1. The summed E-state index contributed by atoms with van der Waals surface area (Å²) in [6.07, 6.45) is 5.91. The van der Waals surface area contributed by atoms with Gasteiger partial charge in [-0.3, -0.25) is 0 Å². The summed E-state index contributed by atoms with van der Waals surface area (Å²) in [4.78, 5) is 0. The second-order valence-electron chi connectivity index (χ2n) is 9.12. The molecule has 6 aromatic carbocycles. The topological polar surface area (TPSA) is 0 Å². The Morgan fingerprint density at radius 3 is 1.81 bits per heavy atom. The number of benzene rings is 6. The van der Waals surface area contributed by atoms with Crippen LogP contribution in [0.5, 0.6) is 0 Å². The minimum absolute atomic E-state index is 1.00. The number of hydrogen-bond donors (Lipinski definition) is 0. The molecule has 0 aliphatic rings. The zero-order valence-corrected chi connectivity index (χ0v) is 20.2. The van der Waals surface area contributed by atoms with Crippen LogP contribution in [0.25, 0.3) is 79.4 Å². The summed E-state index contributed by atoms with van der Waals surface area (Å²) in [5.41, 5.74) is 7.88. The van der Waals surface area contributed by atoms with Crippen molar-refractivity contribution < 1.29 is 0 Å². The van der Waals surface area contributed by atoms with E-state index in [2.05, 4.69) is 117 Å². The first kappa shape index (κ1) is 21.8. The standard InChI is InChI=1S/C36H26/c1-5-27-28(6-2)36(31-19-12-11-18-30(31)35(27)24-14-9-8-10-15-24)32-22-26-17-13-16-25-21-20-23(4)33(34(25)26)29(32)7-3/h5-22H,1-4H2. The van der Waals surface area contributed by atoms with Gasteiger partial charge in [-0.15, -0.1) is 0 Å². The average Bonchev–Trinajstić information content (AvgIpc) is 2.93. The molecule has 0 heterocycles. The molecule has 0 saturated heterocycles. The molecule has 6 rings (SSSR count). The summed E-state index contributed by atoms with van der Waals surface area (Å²) >= 11 is 0. The fraction of sp³-hybridized carbons (Fsp3) is 0. The quantitative estimate of drug-likeness (QED) is 0.241. The third-order valence-electron chi connectivity index (χ3n) is 7.26. The number of hydrogen-bond acceptors (Lipinski definition) is 0. The lowest BCUT2D eigenvalue weighted by atomic mass is 9.80. The molecule has 0 radical (unpaired) electrons. The minimum Gasteiger partial charge on any atom is -0.0984 e. The van der Waals surface area contributed by atoms with Crippen LogP contribution in [-0.2, 0) is 0 Å². The summed E-state index contributed by atoms with van der Waals surface area (Å²) in [6, 6.07) is 32.2. The Labute approximate surface area is 211 Å². The maximum atomic E-state index is 4.40. The molecule has 0 nitrogen and oxygen atoms in total. The van der Waals surface area contributed by atoms with Gasteiger partial charge in [-0.1, -0.05) is 129 Å². The summed E-state index contributed by atoms with van der Waals surface area (Å²) in [5.74, 6) is 0. The zero-order chi connectivity index (χ0) is 24.8. The van der Waals surface area contributed by atoms with Crippen molar-refractivity contribution in [2.45, 2.75) is 0 Å². The van der Waals surface area contributed by atoms with Gasteiger partial charge in [0.2, 0.25) is 0 Å². The van der Waals surface area contributed by atoms with Gasteiger partial charge in [0.25, 0.3) is 0 Å². The Morgan fingerprint density at radius 1 is 0.500 bits per heavy atom. The second kappa shape index (κ2) is 8.52. The highest BCUT2D eigenvalue weighted by molar-refractivity contribution is 6.19. The molecule has 36 heavy (non-hydrogen) atoms. The summed E-state index contributed by atoms with van der Waals surface area (Å²) in [6.45, 7) is 17.2. The smallest absolute Gasteiger partial charge is 0.00201 e. The summed E-state index contributed by atoms with van der Waals surface area (Å²) < 4.78 is 0. The van der Waals surface area contributed by atoms with Crippen molar-refractivity contribution in [2.24, 2.45) is 0 Å². The highest BCUT2D eigenvalue weighted by Gasteiger charge is 2.21. The van der Waals surface area contributed by atoms with Gasteiger partial charge in [-0.2, -0.15) is 0 Å². The molecule has 0 N–H and O–H groups in total. The van der Waals surface area contributed by atoms with Crippen LogP contribution in [-0.4, -0.2) is 0 Å². The van der Waals surface area contributed by atoms with Crippen LogP contribution in [0.1, 0.15) is 16.7 Å². The predicted octanol–water partition coefficient (Wildman–Crippen LogP) is 9.54. The third-order valence-corrected chi connectivity index (χ3v) is 7.26. The van der Waals surface area contributed by atoms with Crippen molar-refractivity contribution in [3.63, 3.8) is 0 Å². The van der Waals surface area contributed by atoms with Crippen molar-refractivity contribution in [3.05, 3.63) is 133 Å². The maximum Gasteiger partial charge on any atom is -0.00201 e. The van der Waals surface area contributed by atoms with Crippen LogP contribution in [0.3, 0.4) is 0 Å². The Balaban J connectivity index is 1.87. The van der Waals surface area contributed by atoms with Crippen LogP contribution in [0.4, 0.5) is 0 Å². The summed E-state index contributed by atoms with van der Waals surface area (Å²) in [5, 5.41) is 8.17. The monoisotopic (exact) mass is 458 g/mol. The van der Waals surface area contributed by atoms with Crippen molar-refractivity contribution in [2.75, 3.05) is 0 Å². The largest absolute Gasteiger partial charge is 0.0984 e. The van der Waals surface area contributed by atoms with Crippen LogP contribution in [0.2, 0.25) is 0 Å². The van der Waals surface area contributed by atoms with E-state index in [0.717, 1.165) is 38.4 Å². The van der Waals surface area contributed by atoms with Gasteiger partial charge in [-0.25, -0.2) is 0 Å². The minimum atomic E-state index is 1.00. The molecule has 0 saturated carbocycles. The van der Waals surface area contributed by atoms with Crippen molar-refractivity contribution in [3.8, 4) is 22.3 Å². The molecule has 0 amide bonds. The molecule has 0 aliphatic carbocycles. The molecule has 170 valence electrons. The molecule has 0 unspecified atom stereocenters. The van der Waals surface area contributed by atoms with Crippen LogP contribution >= 0.6 is 0 Å². The normalized spacial score (nSPS) is 11.2.